The molecule has 0 bridgehead atoms. The lowest BCUT2D eigenvalue weighted by Gasteiger charge is -2.14. The van der Waals surface area contributed by atoms with Crippen LogP contribution in [0.3, 0.4) is 0 Å². The molecule has 1 atom stereocenters. The van der Waals surface area contributed by atoms with Gasteiger partial charge in [0.2, 0.25) is 0 Å². The van der Waals surface area contributed by atoms with Crippen molar-refractivity contribution in [1.82, 2.24) is 5.32 Å². The molecule has 1 N–H and O–H groups in total. The zero-order valence-electron chi connectivity index (χ0n) is 10.6. The van der Waals surface area contributed by atoms with Gasteiger partial charge in [0, 0.05) is 16.6 Å². The number of hydrogen-bond acceptors (Lipinski definition) is 2. The average Bonchev–Trinajstić information content (AvgIpc) is 2.31. The average molecular weight is 322 g/mol. The van der Waals surface area contributed by atoms with Crippen molar-refractivity contribution in [2.75, 3.05) is 6.54 Å². The van der Waals surface area contributed by atoms with Gasteiger partial charge in [-0.3, -0.25) is 0 Å². The van der Waals surface area contributed by atoms with Crippen molar-refractivity contribution in [3.8, 4) is 5.75 Å². The van der Waals surface area contributed by atoms with Gasteiger partial charge < -0.3 is 10.1 Å². The first kappa shape index (κ1) is 15.4. The van der Waals surface area contributed by atoms with E-state index in [9.17, 15) is 8.78 Å². The summed E-state index contributed by atoms with van der Waals surface area (Å²) in [5.74, 6) is 0.793. The monoisotopic (exact) mass is 321 g/mol. The Morgan fingerprint density at radius 3 is 2.72 bits per heavy atom. The second-order valence-electron chi connectivity index (χ2n) is 4.27. The molecular weight excluding hydrogens is 304 g/mol. The van der Waals surface area contributed by atoms with Crippen LogP contribution in [0.2, 0.25) is 0 Å². The first-order chi connectivity index (χ1) is 8.52. The first-order valence-corrected chi connectivity index (χ1v) is 6.76. The normalized spacial score (nSPS) is 12.8. The molecule has 1 unspecified atom stereocenters. The fourth-order valence-corrected chi connectivity index (χ4v) is 1.90. The molecule has 102 valence electrons. The van der Waals surface area contributed by atoms with Crippen LogP contribution < -0.4 is 10.1 Å². The summed E-state index contributed by atoms with van der Waals surface area (Å²) in [4.78, 5) is 0. The van der Waals surface area contributed by atoms with Crippen LogP contribution in [0, 0.1) is 5.92 Å². The van der Waals surface area contributed by atoms with E-state index in [-0.39, 0.29) is 5.75 Å². The molecule has 0 saturated heterocycles. The number of rotatable bonds is 7. The fourth-order valence-electron chi connectivity index (χ4n) is 1.49. The van der Waals surface area contributed by atoms with Crippen LogP contribution in [0.4, 0.5) is 8.78 Å². The minimum Gasteiger partial charge on any atom is -0.434 e. The minimum atomic E-state index is -2.79. The molecule has 0 aliphatic carbocycles. The van der Waals surface area contributed by atoms with E-state index >= 15 is 0 Å². The molecule has 0 aromatic heterocycles. The van der Waals surface area contributed by atoms with E-state index in [4.69, 9.17) is 0 Å². The van der Waals surface area contributed by atoms with Gasteiger partial charge in [0.25, 0.3) is 0 Å². The molecular formula is C13H18BrF2NO. The molecule has 1 aromatic rings. The zero-order chi connectivity index (χ0) is 13.5. The number of ether oxygens (including phenoxy) is 1. The topological polar surface area (TPSA) is 21.3 Å². The van der Waals surface area contributed by atoms with Crippen molar-refractivity contribution in [1.29, 1.82) is 0 Å². The fraction of sp³-hybridized carbons (Fsp3) is 0.538. The van der Waals surface area contributed by atoms with E-state index < -0.39 is 6.61 Å². The molecule has 1 aromatic carbocycles. The molecule has 0 spiro atoms. The Hall–Kier alpha value is -0.680. The summed E-state index contributed by atoms with van der Waals surface area (Å²) in [6.07, 6.45) is 1.09. The van der Waals surface area contributed by atoms with Gasteiger partial charge in [0.1, 0.15) is 5.75 Å². The number of alkyl halides is 2. The van der Waals surface area contributed by atoms with Crippen LogP contribution in [0.5, 0.6) is 5.75 Å². The summed E-state index contributed by atoms with van der Waals surface area (Å²) in [6, 6.07) is 5.04. The Morgan fingerprint density at radius 1 is 1.39 bits per heavy atom. The maximum absolute atomic E-state index is 12.3. The lowest BCUT2D eigenvalue weighted by Crippen LogP contribution is -2.21. The smallest absolute Gasteiger partial charge is 0.387 e. The highest BCUT2D eigenvalue weighted by Crippen LogP contribution is 2.24. The largest absolute Gasteiger partial charge is 0.434 e. The van der Waals surface area contributed by atoms with E-state index in [2.05, 4.69) is 39.8 Å². The standard InChI is InChI=1S/C13H18BrF2NO/c1-3-9(2)7-17-8-10-6-11(14)4-5-12(10)18-13(15)16/h4-6,9,13,17H,3,7-8H2,1-2H3. The van der Waals surface area contributed by atoms with E-state index in [1.165, 1.54) is 0 Å². The Kier molecular flexibility index (Phi) is 6.57. The van der Waals surface area contributed by atoms with Crippen molar-refractivity contribution >= 4 is 15.9 Å². The highest BCUT2D eigenvalue weighted by molar-refractivity contribution is 9.10. The maximum Gasteiger partial charge on any atom is 0.387 e. The third-order valence-electron chi connectivity index (χ3n) is 2.74. The van der Waals surface area contributed by atoms with Crippen molar-refractivity contribution in [2.45, 2.75) is 33.4 Å². The Labute approximate surface area is 115 Å². The Balaban J connectivity index is 2.64. The minimum absolute atomic E-state index is 0.227. The van der Waals surface area contributed by atoms with Crippen molar-refractivity contribution < 1.29 is 13.5 Å². The summed E-state index contributed by atoms with van der Waals surface area (Å²) < 4.78 is 29.8. The van der Waals surface area contributed by atoms with Crippen molar-refractivity contribution in [3.63, 3.8) is 0 Å². The van der Waals surface area contributed by atoms with Crippen molar-refractivity contribution in [2.24, 2.45) is 5.92 Å². The van der Waals surface area contributed by atoms with E-state index in [1.807, 2.05) is 0 Å². The van der Waals surface area contributed by atoms with E-state index in [0.717, 1.165) is 23.0 Å². The van der Waals surface area contributed by atoms with Crippen LogP contribution in [0.25, 0.3) is 0 Å². The van der Waals surface area contributed by atoms with Crippen LogP contribution >= 0.6 is 15.9 Å². The summed E-state index contributed by atoms with van der Waals surface area (Å²) in [5.41, 5.74) is 0.730. The maximum atomic E-state index is 12.3. The lowest BCUT2D eigenvalue weighted by molar-refractivity contribution is -0.0505. The predicted molar refractivity (Wildman–Crippen MR) is 71.9 cm³/mol. The van der Waals surface area contributed by atoms with Gasteiger partial charge in [0.05, 0.1) is 0 Å². The van der Waals surface area contributed by atoms with Crippen molar-refractivity contribution in [3.05, 3.63) is 28.2 Å². The van der Waals surface area contributed by atoms with Crippen LogP contribution in [-0.4, -0.2) is 13.2 Å². The van der Waals surface area contributed by atoms with Gasteiger partial charge in [-0.2, -0.15) is 8.78 Å². The highest BCUT2D eigenvalue weighted by Gasteiger charge is 2.10. The molecule has 0 amide bonds. The van der Waals surface area contributed by atoms with Gasteiger partial charge in [-0.05, 0) is 30.7 Å². The van der Waals surface area contributed by atoms with E-state index in [1.54, 1.807) is 18.2 Å². The summed E-state index contributed by atoms with van der Waals surface area (Å²) >= 11 is 3.33. The summed E-state index contributed by atoms with van der Waals surface area (Å²) in [6.45, 7) is 2.85. The number of benzene rings is 1. The van der Waals surface area contributed by atoms with Gasteiger partial charge in [-0.25, -0.2) is 0 Å². The van der Waals surface area contributed by atoms with E-state index in [0.29, 0.717) is 12.5 Å². The lowest BCUT2D eigenvalue weighted by atomic mass is 10.1. The van der Waals surface area contributed by atoms with Crippen LogP contribution in [0.1, 0.15) is 25.8 Å². The zero-order valence-corrected chi connectivity index (χ0v) is 12.1. The number of hydrogen-bond donors (Lipinski definition) is 1. The SMILES string of the molecule is CCC(C)CNCc1cc(Br)ccc1OC(F)F. The second-order valence-corrected chi connectivity index (χ2v) is 5.19. The van der Waals surface area contributed by atoms with Crippen LogP contribution in [0.15, 0.2) is 22.7 Å². The molecule has 0 heterocycles. The van der Waals surface area contributed by atoms with Gasteiger partial charge in [-0.15, -0.1) is 0 Å². The molecule has 0 radical (unpaired) electrons. The number of halogens is 3. The molecule has 0 saturated carbocycles. The summed E-state index contributed by atoms with van der Waals surface area (Å²) in [7, 11) is 0. The summed E-state index contributed by atoms with van der Waals surface area (Å²) in [5, 5.41) is 3.25. The molecule has 2 nitrogen and oxygen atoms in total. The molecule has 1 rings (SSSR count). The third-order valence-corrected chi connectivity index (χ3v) is 3.24. The van der Waals surface area contributed by atoms with Crippen LogP contribution in [-0.2, 0) is 6.54 Å². The number of nitrogens with one attached hydrogen (secondary N) is 1. The molecule has 0 fully saturated rings. The highest BCUT2D eigenvalue weighted by atomic mass is 79.9. The van der Waals surface area contributed by atoms with Gasteiger partial charge in [-0.1, -0.05) is 36.2 Å². The quantitative estimate of drug-likeness (QED) is 0.813. The van der Waals surface area contributed by atoms with Gasteiger partial charge >= 0.3 is 6.61 Å². The third kappa shape index (κ3) is 5.31. The van der Waals surface area contributed by atoms with Gasteiger partial charge in [0.15, 0.2) is 0 Å². The Bertz CT molecular complexity index is 374. The molecule has 0 aliphatic rings. The molecule has 18 heavy (non-hydrogen) atoms. The Morgan fingerprint density at radius 2 is 2.11 bits per heavy atom. The first-order valence-electron chi connectivity index (χ1n) is 5.96. The molecule has 5 heteroatoms. The molecule has 0 aliphatic heterocycles. The second kappa shape index (κ2) is 7.69. The predicted octanol–water partition coefficient (Wildman–Crippen LogP) is 4.19.